The van der Waals surface area contributed by atoms with Gasteiger partial charge in [0.15, 0.2) is 0 Å². The molecule has 21 heavy (non-hydrogen) atoms. The molecule has 1 aliphatic rings. The molecule has 0 saturated carbocycles. The number of hydrogen-bond donors (Lipinski definition) is 0. The van der Waals surface area contributed by atoms with Gasteiger partial charge < -0.3 is 9.64 Å². The third-order valence-electron chi connectivity index (χ3n) is 4.25. The maximum Gasteiger partial charge on any atom is 0.118 e. The van der Waals surface area contributed by atoms with Crippen LogP contribution in [0.15, 0.2) is 60.7 Å². The van der Waals surface area contributed by atoms with Gasteiger partial charge >= 0.3 is 0 Å². The molecule has 1 heterocycles. The largest absolute Gasteiger partial charge is 0.365 e. The van der Waals surface area contributed by atoms with Gasteiger partial charge in [-0.3, -0.25) is 0 Å². The van der Waals surface area contributed by atoms with Crippen LogP contribution in [0.2, 0.25) is 0 Å². The van der Waals surface area contributed by atoms with Gasteiger partial charge in [-0.1, -0.05) is 60.7 Å². The van der Waals surface area contributed by atoms with E-state index in [1.165, 1.54) is 11.1 Å². The minimum atomic E-state index is -0.288. The summed E-state index contributed by atoms with van der Waals surface area (Å²) >= 11 is 0. The quantitative estimate of drug-likeness (QED) is 0.850. The number of benzene rings is 2. The van der Waals surface area contributed by atoms with Crippen LogP contribution in [-0.2, 0) is 10.3 Å². The Bertz CT molecular complexity index is 525. The summed E-state index contributed by atoms with van der Waals surface area (Å²) in [6.45, 7) is 1.89. The molecule has 0 bridgehead atoms. The number of rotatable bonds is 4. The summed E-state index contributed by atoms with van der Waals surface area (Å²) in [6.07, 6.45) is 1.04. The molecule has 0 amide bonds. The normalized spacial score (nSPS) is 20.8. The minimum Gasteiger partial charge on any atom is -0.365 e. The predicted molar refractivity (Wildman–Crippen MR) is 86.3 cm³/mol. The van der Waals surface area contributed by atoms with E-state index in [2.05, 4.69) is 79.7 Å². The van der Waals surface area contributed by atoms with Crippen LogP contribution < -0.4 is 0 Å². The van der Waals surface area contributed by atoms with Crippen molar-refractivity contribution in [1.82, 2.24) is 4.90 Å². The molecule has 3 rings (SSSR count). The molecular weight excluding hydrogens is 258 g/mol. The Kier molecular flexibility index (Phi) is 4.09. The van der Waals surface area contributed by atoms with Gasteiger partial charge in [-0.15, -0.1) is 0 Å². The predicted octanol–water partition coefficient (Wildman–Crippen LogP) is 3.53. The Balaban J connectivity index is 1.98. The lowest BCUT2D eigenvalue weighted by atomic mass is 9.81. The molecule has 2 aromatic rings. The second-order valence-electron chi connectivity index (χ2n) is 6.20. The van der Waals surface area contributed by atoms with Gasteiger partial charge in [0.2, 0.25) is 0 Å². The van der Waals surface area contributed by atoms with E-state index in [9.17, 15) is 0 Å². The molecule has 0 N–H and O–H groups in total. The zero-order chi connectivity index (χ0) is 14.7. The van der Waals surface area contributed by atoms with Crippen LogP contribution in [0.1, 0.15) is 17.5 Å². The van der Waals surface area contributed by atoms with Gasteiger partial charge in [0, 0.05) is 6.54 Å². The van der Waals surface area contributed by atoms with Crippen LogP contribution in [0.5, 0.6) is 0 Å². The highest BCUT2D eigenvalue weighted by molar-refractivity contribution is 5.37. The first-order valence-electron chi connectivity index (χ1n) is 7.60. The third kappa shape index (κ3) is 2.87. The van der Waals surface area contributed by atoms with Gasteiger partial charge in [0.25, 0.3) is 0 Å². The van der Waals surface area contributed by atoms with E-state index < -0.39 is 0 Å². The molecule has 1 aliphatic heterocycles. The van der Waals surface area contributed by atoms with Gasteiger partial charge in [-0.2, -0.15) is 0 Å². The maximum absolute atomic E-state index is 6.40. The second kappa shape index (κ2) is 6.00. The van der Waals surface area contributed by atoms with Crippen molar-refractivity contribution in [1.29, 1.82) is 0 Å². The maximum atomic E-state index is 6.40. The van der Waals surface area contributed by atoms with E-state index in [0.717, 1.165) is 19.6 Å². The molecule has 0 aliphatic carbocycles. The first kappa shape index (κ1) is 14.3. The lowest BCUT2D eigenvalue weighted by Crippen LogP contribution is -2.27. The van der Waals surface area contributed by atoms with Crippen molar-refractivity contribution < 1.29 is 4.74 Å². The van der Waals surface area contributed by atoms with Crippen LogP contribution in [-0.4, -0.2) is 32.1 Å². The molecule has 0 radical (unpaired) electrons. The molecule has 2 aromatic carbocycles. The molecular formula is C19H23NO. The van der Waals surface area contributed by atoms with Crippen molar-refractivity contribution in [2.24, 2.45) is 5.92 Å². The zero-order valence-corrected chi connectivity index (χ0v) is 12.8. The van der Waals surface area contributed by atoms with Crippen LogP contribution in [0.4, 0.5) is 0 Å². The fraction of sp³-hybridized carbons (Fsp3) is 0.368. The standard InChI is InChI=1S/C19H23NO/c1-20(2)14-16-13-19(21-15-16,17-9-5-3-6-10-17)18-11-7-4-8-12-18/h3-12,16H,13-15H2,1-2H3. The Labute approximate surface area is 127 Å². The van der Waals surface area contributed by atoms with Gasteiger partial charge in [-0.25, -0.2) is 0 Å². The van der Waals surface area contributed by atoms with E-state index in [0.29, 0.717) is 5.92 Å². The monoisotopic (exact) mass is 281 g/mol. The molecule has 1 fully saturated rings. The van der Waals surface area contributed by atoms with Crippen molar-refractivity contribution in [2.45, 2.75) is 12.0 Å². The van der Waals surface area contributed by atoms with Crippen molar-refractivity contribution in [3.8, 4) is 0 Å². The lowest BCUT2D eigenvalue weighted by Gasteiger charge is -2.30. The Morgan fingerprint density at radius 3 is 1.95 bits per heavy atom. The molecule has 1 atom stereocenters. The number of ether oxygens (including phenoxy) is 1. The summed E-state index contributed by atoms with van der Waals surface area (Å²) in [6, 6.07) is 21.3. The first-order valence-corrected chi connectivity index (χ1v) is 7.60. The molecule has 1 unspecified atom stereocenters. The summed E-state index contributed by atoms with van der Waals surface area (Å²) in [7, 11) is 4.26. The highest BCUT2D eigenvalue weighted by atomic mass is 16.5. The van der Waals surface area contributed by atoms with Crippen LogP contribution in [0, 0.1) is 5.92 Å². The Morgan fingerprint density at radius 2 is 1.48 bits per heavy atom. The molecule has 1 saturated heterocycles. The highest BCUT2D eigenvalue weighted by Crippen LogP contribution is 2.44. The highest BCUT2D eigenvalue weighted by Gasteiger charge is 2.43. The summed E-state index contributed by atoms with van der Waals surface area (Å²) in [5.74, 6) is 0.570. The van der Waals surface area contributed by atoms with Crippen LogP contribution >= 0.6 is 0 Å². The number of nitrogens with zero attached hydrogens (tertiary/aromatic N) is 1. The molecule has 110 valence electrons. The van der Waals surface area contributed by atoms with Gasteiger partial charge in [0.05, 0.1) is 6.61 Å². The lowest BCUT2D eigenvalue weighted by molar-refractivity contribution is 0.0339. The number of hydrogen-bond acceptors (Lipinski definition) is 2. The van der Waals surface area contributed by atoms with E-state index >= 15 is 0 Å². The summed E-state index contributed by atoms with van der Waals surface area (Å²) in [5, 5.41) is 0. The smallest absolute Gasteiger partial charge is 0.118 e. The van der Waals surface area contributed by atoms with Crippen molar-refractivity contribution >= 4 is 0 Å². The summed E-state index contributed by atoms with van der Waals surface area (Å²) in [4.78, 5) is 2.25. The Hall–Kier alpha value is -1.64. The fourth-order valence-electron chi connectivity index (χ4n) is 3.40. The topological polar surface area (TPSA) is 12.5 Å². The molecule has 2 heteroatoms. The van der Waals surface area contributed by atoms with Gasteiger partial charge in [0.1, 0.15) is 5.60 Å². The SMILES string of the molecule is CN(C)CC1COC(c2ccccc2)(c2ccccc2)C1. The molecule has 0 aromatic heterocycles. The van der Waals surface area contributed by atoms with E-state index in [1.807, 2.05) is 0 Å². The van der Waals surface area contributed by atoms with Gasteiger partial charge in [-0.05, 0) is 37.6 Å². The molecule has 2 nitrogen and oxygen atoms in total. The summed E-state index contributed by atoms with van der Waals surface area (Å²) in [5.41, 5.74) is 2.23. The fourth-order valence-corrected chi connectivity index (χ4v) is 3.40. The average Bonchev–Trinajstić information content (AvgIpc) is 2.93. The second-order valence-corrected chi connectivity index (χ2v) is 6.20. The van der Waals surface area contributed by atoms with E-state index in [1.54, 1.807) is 0 Å². The molecule has 0 spiro atoms. The first-order chi connectivity index (χ1) is 10.2. The van der Waals surface area contributed by atoms with Crippen molar-refractivity contribution in [3.63, 3.8) is 0 Å². The van der Waals surface area contributed by atoms with E-state index in [-0.39, 0.29) is 5.60 Å². The van der Waals surface area contributed by atoms with Crippen LogP contribution in [0.3, 0.4) is 0 Å². The van der Waals surface area contributed by atoms with E-state index in [4.69, 9.17) is 4.74 Å². The van der Waals surface area contributed by atoms with Crippen LogP contribution in [0.25, 0.3) is 0 Å². The zero-order valence-electron chi connectivity index (χ0n) is 12.8. The van der Waals surface area contributed by atoms with Crippen molar-refractivity contribution in [2.75, 3.05) is 27.2 Å². The average molecular weight is 281 g/mol. The third-order valence-corrected chi connectivity index (χ3v) is 4.25. The Morgan fingerprint density at radius 1 is 0.952 bits per heavy atom. The minimum absolute atomic E-state index is 0.288. The van der Waals surface area contributed by atoms with Crippen molar-refractivity contribution in [3.05, 3.63) is 71.8 Å². The summed E-state index contributed by atoms with van der Waals surface area (Å²) < 4.78 is 6.40.